The van der Waals surface area contributed by atoms with Gasteiger partial charge in [-0.3, -0.25) is 4.79 Å². The first-order valence-electron chi connectivity index (χ1n) is 5.65. The van der Waals surface area contributed by atoms with Gasteiger partial charge in [0, 0.05) is 24.3 Å². The van der Waals surface area contributed by atoms with Gasteiger partial charge in [-0.2, -0.15) is 0 Å². The normalized spacial score (nSPS) is 12.3. The van der Waals surface area contributed by atoms with E-state index < -0.39 is 6.10 Å². The van der Waals surface area contributed by atoms with E-state index in [1.54, 1.807) is 13.1 Å². The molecule has 0 saturated carbocycles. The van der Waals surface area contributed by atoms with Crippen LogP contribution < -0.4 is 0 Å². The van der Waals surface area contributed by atoms with E-state index in [9.17, 15) is 9.90 Å². The van der Waals surface area contributed by atoms with E-state index in [0.29, 0.717) is 5.56 Å². The Morgan fingerprint density at radius 3 is 2.83 bits per heavy atom. The lowest BCUT2D eigenvalue weighted by atomic mass is 10.1. The fourth-order valence-electron chi connectivity index (χ4n) is 1.66. The number of aryl methyl sites for hydroxylation is 1. The first-order chi connectivity index (χ1) is 8.47. The molecule has 0 aliphatic rings. The molecule has 0 spiro atoms. The number of aliphatic hydroxyl groups excluding tert-OH is 1. The van der Waals surface area contributed by atoms with Crippen LogP contribution in [0.4, 0.5) is 0 Å². The highest BCUT2D eigenvalue weighted by Crippen LogP contribution is 2.18. The lowest BCUT2D eigenvalue weighted by Crippen LogP contribution is -2.36. The minimum atomic E-state index is -0.661. The van der Waals surface area contributed by atoms with Crippen molar-refractivity contribution in [2.45, 2.75) is 13.0 Å². The van der Waals surface area contributed by atoms with E-state index in [4.69, 9.17) is 4.74 Å². The second kappa shape index (κ2) is 7.06. The number of carbonyl (C=O) groups excluding carboxylic acids is 1. The summed E-state index contributed by atoms with van der Waals surface area (Å²) in [5.74, 6) is -0.0850. The van der Waals surface area contributed by atoms with Crippen molar-refractivity contribution < 1.29 is 14.6 Å². The number of amides is 1. The molecule has 0 saturated heterocycles. The maximum atomic E-state index is 12.2. The van der Waals surface area contributed by atoms with Crippen LogP contribution in [0.15, 0.2) is 18.2 Å². The number of likely N-dealkylation sites (N-methyl/N-ethyl adjacent to an activating group) is 1. The Balaban J connectivity index is 2.77. The van der Waals surface area contributed by atoms with E-state index >= 15 is 0 Å². The first kappa shape index (κ1) is 15.4. The van der Waals surface area contributed by atoms with Gasteiger partial charge in [-0.1, -0.05) is 12.1 Å². The molecule has 1 amide bonds. The van der Waals surface area contributed by atoms with Crippen molar-refractivity contribution in [1.82, 2.24) is 4.90 Å². The molecular formula is C13H18INO3. The fraction of sp³-hybridized carbons (Fsp3) is 0.462. The van der Waals surface area contributed by atoms with Crippen molar-refractivity contribution in [2.75, 3.05) is 27.3 Å². The average Bonchev–Trinajstić information content (AvgIpc) is 2.32. The van der Waals surface area contributed by atoms with Gasteiger partial charge in [0.15, 0.2) is 0 Å². The predicted octanol–water partition coefficient (Wildman–Crippen LogP) is 1.68. The summed E-state index contributed by atoms with van der Waals surface area (Å²) in [6, 6.07) is 5.64. The van der Waals surface area contributed by atoms with Crippen LogP contribution in [0.2, 0.25) is 0 Å². The van der Waals surface area contributed by atoms with Gasteiger partial charge in [0.25, 0.3) is 5.91 Å². The highest BCUT2D eigenvalue weighted by molar-refractivity contribution is 14.1. The van der Waals surface area contributed by atoms with Gasteiger partial charge in [0.1, 0.15) is 0 Å². The van der Waals surface area contributed by atoms with Gasteiger partial charge in [-0.15, -0.1) is 0 Å². The van der Waals surface area contributed by atoms with Gasteiger partial charge in [-0.05, 0) is 41.1 Å². The summed E-state index contributed by atoms with van der Waals surface area (Å²) < 4.78 is 5.80. The Morgan fingerprint density at radius 1 is 1.56 bits per heavy atom. The number of aliphatic hydroxyl groups is 1. The fourth-order valence-corrected chi connectivity index (χ4v) is 2.25. The minimum absolute atomic E-state index is 0.0850. The van der Waals surface area contributed by atoms with Crippen molar-refractivity contribution in [1.29, 1.82) is 0 Å². The topological polar surface area (TPSA) is 49.8 Å². The number of carbonyl (C=O) groups is 1. The molecule has 100 valence electrons. The molecule has 1 unspecified atom stereocenters. The lowest BCUT2D eigenvalue weighted by Gasteiger charge is -2.21. The number of benzene rings is 1. The molecule has 0 radical (unpaired) electrons. The van der Waals surface area contributed by atoms with Crippen LogP contribution in [0.5, 0.6) is 0 Å². The highest BCUT2D eigenvalue weighted by Gasteiger charge is 2.18. The van der Waals surface area contributed by atoms with E-state index in [-0.39, 0.29) is 19.1 Å². The lowest BCUT2D eigenvalue weighted by molar-refractivity contribution is 0.0380. The van der Waals surface area contributed by atoms with Gasteiger partial charge in [0.05, 0.1) is 18.3 Å². The Hall–Kier alpha value is -0.660. The van der Waals surface area contributed by atoms with E-state index in [1.165, 1.54) is 12.0 Å². The third kappa shape index (κ3) is 3.93. The zero-order valence-corrected chi connectivity index (χ0v) is 13.0. The molecule has 18 heavy (non-hydrogen) atoms. The molecule has 1 aromatic carbocycles. The molecule has 0 fully saturated rings. The van der Waals surface area contributed by atoms with Gasteiger partial charge in [0.2, 0.25) is 0 Å². The third-order valence-electron chi connectivity index (χ3n) is 2.61. The molecule has 1 rings (SSSR count). The first-order valence-corrected chi connectivity index (χ1v) is 6.72. The van der Waals surface area contributed by atoms with Crippen LogP contribution in [0.25, 0.3) is 0 Å². The Kier molecular flexibility index (Phi) is 6.04. The number of rotatable bonds is 5. The molecule has 0 aliphatic heterocycles. The molecule has 1 N–H and O–H groups in total. The van der Waals surface area contributed by atoms with Gasteiger partial charge in [-0.25, -0.2) is 0 Å². The number of hydrogen-bond donors (Lipinski definition) is 1. The molecule has 0 bridgehead atoms. The number of halogens is 1. The van der Waals surface area contributed by atoms with Crippen LogP contribution in [-0.2, 0) is 4.74 Å². The maximum Gasteiger partial charge on any atom is 0.254 e. The van der Waals surface area contributed by atoms with Crippen LogP contribution in [0.1, 0.15) is 15.9 Å². The highest BCUT2D eigenvalue weighted by atomic mass is 127. The standard InChI is InChI=1S/C13H18INO3/c1-9-5-4-6-11(12(9)14)13(17)15(2)7-10(16)8-18-3/h4-6,10,16H,7-8H2,1-3H3. The summed E-state index contributed by atoms with van der Waals surface area (Å²) in [6.07, 6.45) is -0.661. The summed E-state index contributed by atoms with van der Waals surface area (Å²) in [6.45, 7) is 2.46. The number of methoxy groups -OCH3 is 1. The summed E-state index contributed by atoms with van der Waals surface area (Å²) in [4.78, 5) is 13.7. The Morgan fingerprint density at radius 2 is 2.22 bits per heavy atom. The largest absolute Gasteiger partial charge is 0.389 e. The molecular weight excluding hydrogens is 345 g/mol. The predicted molar refractivity (Wildman–Crippen MR) is 78.7 cm³/mol. The van der Waals surface area contributed by atoms with E-state index in [0.717, 1.165) is 9.13 Å². The van der Waals surface area contributed by atoms with E-state index in [2.05, 4.69) is 22.6 Å². The average molecular weight is 363 g/mol. The van der Waals surface area contributed by atoms with E-state index in [1.807, 2.05) is 19.1 Å². The van der Waals surface area contributed by atoms with Crippen molar-refractivity contribution in [3.8, 4) is 0 Å². The summed E-state index contributed by atoms with van der Waals surface area (Å²) in [5.41, 5.74) is 1.75. The van der Waals surface area contributed by atoms with Crippen molar-refractivity contribution in [2.24, 2.45) is 0 Å². The maximum absolute atomic E-state index is 12.2. The second-order valence-electron chi connectivity index (χ2n) is 4.23. The Bertz CT molecular complexity index is 423. The minimum Gasteiger partial charge on any atom is -0.389 e. The van der Waals surface area contributed by atoms with Crippen molar-refractivity contribution in [3.63, 3.8) is 0 Å². The number of hydrogen-bond acceptors (Lipinski definition) is 3. The Labute approximate surface area is 121 Å². The van der Waals surface area contributed by atoms with Gasteiger partial charge >= 0.3 is 0 Å². The number of nitrogens with zero attached hydrogens (tertiary/aromatic N) is 1. The van der Waals surface area contributed by atoms with Crippen LogP contribution >= 0.6 is 22.6 Å². The molecule has 0 heterocycles. The quantitative estimate of drug-likeness (QED) is 0.810. The monoisotopic (exact) mass is 363 g/mol. The smallest absolute Gasteiger partial charge is 0.254 e. The number of ether oxygens (including phenoxy) is 1. The molecule has 4 nitrogen and oxygen atoms in total. The SMILES string of the molecule is COCC(O)CN(C)C(=O)c1cccc(C)c1I. The van der Waals surface area contributed by atoms with Crippen LogP contribution in [0.3, 0.4) is 0 Å². The third-order valence-corrected chi connectivity index (χ3v) is 4.04. The van der Waals surface area contributed by atoms with Gasteiger partial charge < -0.3 is 14.7 Å². The molecule has 5 heteroatoms. The molecule has 1 atom stereocenters. The second-order valence-corrected chi connectivity index (χ2v) is 5.31. The molecule has 1 aromatic rings. The zero-order chi connectivity index (χ0) is 13.7. The summed E-state index contributed by atoms with van der Waals surface area (Å²) in [7, 11) is 3.20. The summed E-state index contributed by atoms with van der Waals surface area (Å²) in [5, 5.41) is 9.62. The van der Waals surface area contributed by atoms with Crippen LogP contribution in [0, 0.1) is 10.5 Å². The van der Waals surface area contributed by atoms with Crippen molar-refractivity contribution in [3.05, 3.63) is 32.9 Å². The zero-order valence-electron chi connectivity index (χ0n) is 10.8. The van der Waals surface area contributed by atoms with Crippen molar-refractivity contribution >= 4 is 28.5 Å². The summed E-state index contributed by atoms with van der Waals surface area (Å²) >= 11 is 2.17. The molecule has 0 aliphatic carbocycles. The molecule has 0 aromatic heterocycles. The van der Waals surface area contributed by atoms with Crippen LogP contribution in [-0.4, -0.2) is 49.3 Å².